The Balaban J connectivity index is 1.67. The molecule has 0 aliphatic carbocycles. The summed E-state index contributed by atoms with van der Waals surface area (Å²) < 4.78 is 29.6. The summed E-state index contributed by atoms with van der Waals surface area (Å²) in [6.45, 7) is 1.43. The topological polar surface area (TPSA) is 100 Å². The highest BCUT2D eigenvalue weighted by Crippen LogP contribution is 2.21. The Bertz CT molecular complexity index is 989. The van der Waals surface area contributed by atoms with E-state index in [4.69, 9.17) is 12.2 Å². The Kier molecular flexibility index (Phi) is 6.63. The molecule has 0 unspecified atom stereocenters. The molecular formula is C18H25N5O3S2. The molecular weight excluding hydrogens is 398 g/mol. The predicted octanol–water partition coefficient (Wildman–Crippen LogP) is 2.01. The summed E-state index contributed by atoms with van der Waals surface area (Å²) in [5.74, 6) is 0.424. The first-order valence-corrected chi connectivity index (χ1v) is 11.2. The number of carbonyl (C=O) groups excluding carboxylic acids is 1. The van der Waals surface area contributed by atoms with Crippen molar-refractivity contribution in [1.82, 2.24) is 24.4 Å². The van der Waals surface area contributed by atoms with Gasteiger partial charge < -0.3 is 9.88 Å². The zero-order valence-electron chi connectivity index (χ0n) is 15.8. The number of aromatic amines is 1. The number of nitrogens with zero attached hydrogens (tertiary/aromatic N) is 3. The third kappa shape index (κ3) is 4.68. The summed E-state index contributed by atoms with van der Waals surface area (Å²) in [6.07, 6.45) is 4.36. The van der Waals surface area contributed by atoms with Gasteiger partial charge >= 0.3 is 0 Å². The van der Waals surface area contributed by atoms with E-state index in [0.29, 0.717) is 36.4 Å². The van der Waals surface area contributed by atoms with Crippen molar-refractivity contribution in [3.8, 4) is 0 Å². The molecule has 2 aromatic rings. The Morgan fingerprint density at radius 3 is 2.61 bits per heavy atom. The molecule has 3 rings (SSSR count). The van der Waals surface area contributed by atoms with Crippen LogP contribution in [0.5, 0.6) is 0 Å². The van der Waals surface area contributed by atoms with Crippen LogP contribution < -0.4 is 5.32 Å². The van der Waals surface area contributed by atoms with Crippen LogP contribution in [0.2, 0.25) is 0 Å². The molecule has 1 aliphatic rings. The van der Waals surface area contributed by atoms with Crippen molar-refractivity contribution in [2.45, 2.75) is 37.0 Å². The van der Waals surface area contributed by atoms with Crippen LogP contribution in [0.4, 0.5) is 0 Å². The van der Waals surface area contributed by atoms with E-state index in [-0.39, 0.29) is 10.8 Å². The molecule has 1 aromatic heterocycles. The number of carbonyl (C=O) groups is 1. The molecule has 28 heavy (non-hydrogen) atoms. The minimum Gasteiger partial charge on any atom is -0.352 e. The lowest BCUT2D eigenvalue weighted by Crippen LogP contribution is -2.32. The fourth-order valence-corrected chi connectivity index (χ4v) is 4.94. The number of aromatic nitrogens is 3. The number of hydrogen-bond acceptors (Lipinski definition) is 5. The van der Waals surface area contributed by atoms with Gasteiger partial charge in [0.25, 0.3) is 5.91 Å². The predicted molar refractivity (Wildman–Crippen MR) is 108 cm³/mol. The summed E-state index contributed by atoms with van der Waals surface area (Å²) in [5.41, 5.74) is 0.325. The number of benzene rings is 1. The van der Waals surface area contributed by atoms with Gasteiger partial charge in [-0.05, 0) is 43.3 Å². The third-order valence-electron chi connectivity index (χ3n) is 4.91. The van der Waals surface area contributed by atoms with E-state index in [9.17, 15) is 13.2 Å². The normalized spacial score (nSPS) is 15.9. The molecule has 1 fully saturated rings. The van der Waals surface area contributed by atoms with Crippen molar-refractivity contribution in [3.63, 3.8) is 0 Å². The maximum Gasteiger partial charge on any atom is 0.251 e. The first kappa shape index (κ1) is 20.7. The van der Waals surface area contributed by atoms with Gasteiger partial charge in [0, 0.05) is 38.7 Å². The second kappa shape index (κ2) is 8.97. The average Bonchev–Trinajstić information content (AvgIpc) is 2.90. The second-order valence-corrected chi connectivity index (χ2v) is 9.18. The average molecular weight is 424 g/mol. The summed E-state index contributed by atoms with van der Waals surface area (Å²) >= 11 is 5.06. The second-order valence-electron chi connectivity index (χ2n) is 6.86. The quantitative estimate of drug-likeness (QED) is 0.693. The molecule has 1 aliphatic heterocycles. The van der Waals surface area contributed by atoms with Crippen LogP contribution in [-0.2, 0) is 23.5 Å². The minimum absolute atomic E-state index is 0.163. The van der Waals surface area contributed by atoms with E-state index >= 15 is 0 Å². The van der Waals surface area contributed by atoms with Gasteiger partial charge in [-0.2, -0.15) is 9.40 Å². The first-order chi connectivity index (χ1) is 13.4. The molecule has 2 heterocycles. The van der Waals surface area contributed by atoms with Crippen molar-refractivity contribution in [1.29, 1.82) is 0 Å². The van der Waals surface area contributed by atoms with Gasteiger partial charge in [-0.25, -0.2) is 8.42 Å². The molecule has 8 nitrogen and oxygen atoms in total. The summed E-state index contributed by atoms with van der Waals surface area (Å²) in [5, 5.41) is 9.60. The molecule has 1 aromatic carbocycles. The van der Waals surface area contributed by atoms with Gasteiger partial charge in [0.2, 0.25) is 10.0 Å². The standard InChI is InChI=1S/C18H25N5O3S2/c1-22-16(20-21-18(22)27)9-10-19-17(24)14-7-6-8-15(13-14)28(25,26)23-11-4-2-3-5-12-23/h6-8,13H,2-5,9-12H2,1H3,(H,19,24)(H,21,27). The fraction of sp³-hybridized carbons (Fsp3) is 0.500. The van der Waals surface area contributed by atoms with Crippen molar-refractivity contribution >= 4 is 28.1 Å². The number of amides is 1. The van der Waals surface area contributed by atoms with E-state index in [0.717, 1.165) is 31.5 Å². The number of hydrogen-bond donors (Lipinski definition) is 2. The summed E-state index contributed by atoms with van der Waals surface area (Å²) in [6, 6.07) is 6.22. The number of rotatable bonds is 6. The van der Waals surface area contributed by atoms with Crippen molar-refractivity contribution in [2.75, 3.05) is 19.6 Å². The highest BCUT2D eigenvalue weighted by atomic mass is 32.2. The molecule has 0 saturated carbocycles. The number of nitrogens with one attached hydrogen (secondary N) is 2. The van der Waals surface area contributed by atoms with Gasteiger partial charge in [0.1, 0.15) is 5.82 Å². The van der Waals surface area contributed by atoms with Crippen molar-refractivity contribution < 1.29 is 13.2 Å². The largest absolute Gasteiger partial charge is 0.352 e. The van der Waals surface area contributed by atoms with Gasteiger partial charge in [0.15, 0.2) is 4.77 Å². The van der Waals surface area contributed by atoms with E-state index in [2.05, 4.69) is 15.5 Å². The van der Waals surface area contributed by atoms with E-state index < -0.39 is 10.0 Å². The van der Waals surface area contributed by atoms with Crippen LogP contribution in [0.25, 0.3) is 0 Å². The smallest absolute Gasteiger partial charge is 0.251 e. The lowest BCUT2D eigenvalue weighted by molar-refractivity contribution is 0.0953. The molecule has 0 radical (unpaired) electrons. The highest BCUT2D eigenvalue weighted by Gasteiger charge is 2.25. The first-order valence-electron chi connectivity index (χ1n) is 9.38. The summed E-state index contributed by atoms with van der Waals surface area (Å²) in [7, 11) is -1.78. The third-order valence-corrected chi connectivity index (χ3v) is 7.17. The Hall–Kier alpha value is -2.04. The lowest BCUT2D eigenvalue weighted by Gasteiger charge is -2.20. The molecule has 1 amide bonds. The molecule has 2 N–H and O–H groups in total. The monoisotopic (exact) mass is 423 g/mol. The van der Waals surface area contributed by atoms with Gasteiger partial charge in [-0.3, -0.25) is 9.89 Å². The van der Waals surface area contributed by atoms with E-state index in [1.807, 2.05) is 0 Å². The number of H-pyrrole nitrogens is 1. The van der Waals surface area contributed by atoms with Crippen molar-refractivity contribution in [3.05, 3.63) is 40.4 Å². The minimum atomic E-state index is -3.58. The molecule has 10 heteroatoms. The fourth-order valence-electron chi connectivity index (χ4n) is 3.22. The van der Waals surface area contributed by atoms with E-state index in [1.54, 1.807) is 29.8 Å². The maximum absolute atomic E-state index is 12.9. The van der Waals surface area contributed by atoms with Crippen LogP contribution in [0.3, 0.4) is 0 Å². The zero-order valence-corrected chi connectivity index (χ0v) is 17.5. The maximum atomic E-state index is 12.9. The van der Waals surface area contributed by atoms with Crippen LogP contribution in [0.15, 0.2) is 29.2 Å². The van der Waals surface area contributed by atoms with Crippen LogP contribution >= 0.6 is 12.2 Å². The van der Waals surface area contributed by atoms with Crippen LogP contribution in [-0.4, -0.2) is 53.0 Å². The van der Waals surface area contributed by atoms with Gasteiger partial charge in [0.05, 0.1) is 4.90 Å². The number of sulfonamides is 1. The zero-order chi connectivity index (χ0) is 20.1. The highest BCUT2D eigenvalue weighted by molar-refractivity contribution is 7.89. The van der Waals surface area contributed by atoms with Crippen molar-refractivity contribution in [2.24, 2.45) is 7.05 Å². The van der Waals surface area contributed by atoms with E-state index in [1.165, 1.54) is 10.4 Å². The molecule has 0 atom stereocenters. The molecule has 152 valence electrons. The Morgan fingerprint density at radius 1 is 1.25 bits per heavy atom. The van der Waals surface area contributed by atoms with Crippen LogP contribution in [0.1, 0.15) is 41.9 Å². The summed E-state index contributed by atoms with van der Waals surface area (Å²) in [4.78, 5) is 12.6. The Morgan fingerprint density at radius 2 is 1.96 bits per heavy atom. The van der Waals surface area contributed by atoms with Gasteiger partial charge in [-0.1, -0.05) is 18.9 Å². The molecule has 1 saturated heterocycles. The Labute approximate surface area is 170 Å². The molecule has 0 spiro atoms. The van der Waals surface area contributed by atoms with Crippen LogP contribution in [0, 0.1) is 4.77 Å². The molecule has 0 bridgehead atoms. The SMILES string of the molecule is Cn1c(CCNC(=O)c2cccc(S(=O)(=O)N3CCCCCC3)c2)n[nH]c1=S. The lowest BCUT2D eigenvalue weighted by atomic mass is 10.2. The van der Waals surface area contributed by atoms with Gasteiger partial charge in [-0.15, -0.1) is 0 Å².